The molecule has 0 aliphatic carbocycles. The minimum atomic E-state index is 0. The Balaban J connectivity index is 0.00000400. The molecule has 0 aromatic carbocycles. The van der Waals surface area contributed by atoms with Gasteiger partial charge < -0.3 is 15.1 Å². The van der Waals surface area contributed by atoms with Crippen LogP contribution >= 0.6 is 35.3 Å². The van der Waals surface area contributed by atoms with Crippen molar-refractivity contribution < 1.29 is 0 Å². The highest BCUT2D eigenvalue weighted by molar-refractivity contribution is 14.0. The molecule has 0 spiro atoms. The summed E-state index contributed by atoms with van der Waals surface area (Å²) in [5.74, 6) is 0.971. The van der Waals surface area contributed by atoms with Crippen LogP contribution < -0.4 is 5.32 Å². The molecule has 1 N–H and O–H groups in total. The van der Waals surface area contributed by atoms with Crippen molar-refractivity contribution in [2.75, 3.05) is 40.8 Å². The summed E-state index contributed by atoms with van der Waals surface area (Å²) in [4.78, 5) is 10.3. The number of hydrogen-bond acceptors (Lipinski definition) is 3. The van der Waals surface area contributed by atoms with Gasteiger partial charge >= 0.3 is 0 Å². The van der Waals surface area contributed by atoms with Crippen molar-refractivity contribution in [3.8, 4) is 0 Å². The average molecular weight is 424 g/mol. The number of nitrogens with zero attached hydrogens (tertiary/aromatic N) is 3. The molecule has 0 unspecified atom stereocenters. The van der Waals surface area contributed by atoms with Crippen LogP contribution in [0.3, 0.4) is 0 Å². The molecule has 0 bridgehead atoms. The second kappa shape index (κ2) is 11.3. The number of thiophene rings is 1. The Morgan fingerprint density at radius 1 is 1.33 bits per heavy atom. The zero-order valence-electron chi connectivity index (χ0n) is 13.8. The molecule has 0 saturated carbocycles. The van der Waals surface area contributed by atoms with Gasteiger partial charge in [-0.1, -0.05) is 6.07 Å². The van der Waals surface area contributed by atoms with E-state index in [2.05, 4.69) is 65.6 Å². The van der Waals surface area contributed by atoms with Crippen LogP contribution in [0.15, 0.2) is 22.5 Å². The van der Waals surface area contributed by atoms with Crippen molar-refractivity contribution >= 4 is 41.3 Å². The smallest absolute Gasteiger partial charge is 0.193 e. The largest absolute Gasteiger partial charge is 0.355 e. The fourth-order valence-corrected chi connectivity index (χ4v) is 2.52. The molecule has 21 heavy (non-hydrogen) atoms. The number of rotatable bonds is 7. The summed E-state index contributed by atoms with van der Waals surface area (Å²) in [5.41, 5.74) is 0. The van der Waals surface area contributed by atoms with E-state index < -0.39 is 0 Å². The standard InChI is InChI=1S/C15H28N4S.HI/c1-13(2)18(4)11-9-17-15(16-3)19(5)10-8-14-7-6-12-20-14;/h6-7,12-13H,8-11H2,1-5H3,(H,16,17);1H. The number of nitrogens with one attached hydrogen (secondary N) is 1. The molecule has 1 aromatic heterocycles. The van der Waals surface area contributed by atoms with Crippen LogP contribution in [0.2, 0.25) is 0 Å². The first kappa shape index (κ1) is 20.7. The molecule has 0 aliphatic heterocycles. The highest BCUT2D eigenvalue weighted by Crippen LogP contribution is 2.09. The lowest BCUT2D eigenvalue weighted by Gasteiger charge is -2.25. The first-order chi connectivity index (χ1) is 9.54. The van der Waals surface area contributed by atoms with Gasteiger partial charge in [0.25, 0.3) is 0 Å². The maximum absolute atomic E-state index is 4.35. The van der Waals surface area contributed by atoms with Crippen LogP contribution in [0, 0.1) is 0 Å². The van der Waals surface area contributed by atoms with Crippen LogP contribution in [-0.2, 0) is 6.42 Å². The summed E-state index contributed by atoms with van der Waals surface area (Å²) >= 11 is 1.82. The first-order valence-corrected chi connectivity index (χ1v) is 8.07. The van der Waals surface area contributed by atoms with E-state index in [1.807, 2.05) is 18.4 Å². The van der Waals surface area contributed by atoms with Crippen molar-refractivity contribution in [2.45, 2.75) is 26.3 Å². The predicted octanol–water partition coefficient (Wildman–Crippen LogP) is 2.76. The Morgan fingerprint density at radius 3 is 2.57 bits per heavy atom. The van der Waals surface area contributed by atoms with Crippen LogP contribution in [0.1, 0.15) is 18.7 Å². The lowest BCUT2D eigenvalue weighted by atomic mass is 10.3. The van der Waals surface area contributed by atoms with Gasteiger partial charge in [0.05, 0.1) is 0 Å². The zero-order chi connectivity index (χ0) is 15.0. The third-order valence-corrected chi connectivity index (χ3v) is 4.41. The Kier molecular flexibility index (Phi) is 11.1. The SMILES string of the molecule is CN=C(NCCN(C)C(C)C)N(C)CCc1cccs1.I. The summed E-state index contributed by atoms with van der Waals surface area (Å²) in [5, 5.41) is 5.55. The number of aliphatic imine (C=N–C) groups is 1. The quantitative estimate of drug-likeness (QED) is 0.415. The maximum Gasteiger partial charge on any atom is 0.193 e. The number of guanidine groups is 1. The number of hydrogen-bond donors (Lipinski definition) is 1. The van der Waals surface area contributed by atoms with E-state index in [9.17, 15) is 0 Å². The van der Waals surface area contributed by atoms with Gasteiger partial charge in [-0.15, -0.1) is 35.3 Å². The highest BCUT2D eigenvalue weighted by Gasteiger charge is 2.07. The van der Waals surface area contributed by atoms with E-state index in [4.69, 9.17) is 0 Å². The minimum absolute atomic E-state index is 0. The molecule has 0 atom stereocenters. The zero-order valence-corrected chi connectivity index (χ0v) is 16.9. The molecule has 0 aliphatic rings. The van der Waals surface area contributed by atoms with Gasteiger partial charge in [0.15, 0.2) is 5.96 Å². The summed E-state index contributed by atoms with van der Waals surface area (Å²) in [6.45, 7) is 7.35. The van der Waals surface area contributed by atoms with Gasteiger partial charge in [0, 0.05) is 44.6 Å². The van der Waals surface area contributed by atoms with Crippen LogP contribution in [-0.4, -0.2) is 62.6 Å². The third kappa shape index (κ3) is 8.01. The van der Waals surface area contributed by atoms with Crippen molar-refractivity contribution in [1.82, 2.24) is 15.1 Å². The van der Waals surface area contributed by atoms with Crippen molar-refractivity contribution in [1.29, 1.82) is 0 Å². The normalized spacial score (nSPS) is 11.7. The second-order valence-electron chi connectivity index (χ2n) is 5.30. The number of halogens is 1. The first-order valence-electron chi connectivity index (χ1n) is 7.19. The molecule has 0 fully saturated rings. The summed E-state index contributed by atoms with van der Waals surface area (Å²) < 4.78 is 0. The molecular weight excluding hydrogens is 395 g/mol. The molecule has 0 radical (unpaired) electrons. The lowest BCUT2D eigenvalue weighted by Crippen LogP contribution is -2.43. The van der Waals surface area contributed by atoms with E-state index in [1.165, 1.54) is 4.88 Å². The molecule has 122 valence electrons. The molecule has 6 heteroatoms. The van der Waals surface area contributed by atoms with Gasteiger partial charge in [0.1, 0.15) is 0 Å². The highest BCUT2D eigenvalue weighted by atomic mass is 127. The van der Waals surface area contributed by atoms with Crippen LogP contribution in [0.25, 0.3) is 0 Å². The van der Waals surface area contributed by atoms with Crippen LogP contribution in [0.4, 0.5) is 0 Å². The topological polar surface area (TPSA) is 30.9 Å². The molecule has 1 heterocycles. The maximum atomic E-state index is 4.35. The molecule has 0 saturated heterocycles. The molecule has 4 nitrogen and oxygen atoms in total. The van der Waals surface area contributed by atoms with E-state index >= 15 is 0 Å². The Labute approximate surface area is 150 Å². The van der Waals surface area contributed by atoms with Gasteiger partial charge in [-0.3, -0.25) is 4.99 Å². The summed E-state index contributed by atoms with van der Waals surface area (Å²) in [7, 11) is 6.08. The molecule has 1 rings (SSSR count). The van der Waals surface area contributed by atoms with Gasteiger partial charge in [-0.05, 0) is 38.8 Å². The second-order valence-corrected chi connectivity index (χ2v) is 6.33. The van der Waals surface area contributed by atoms with Gasteiger partial charge in [-0.25, -0.2) is 0 Å². The van der Waals surface area contributed by atoms with E-state index in [0.29, 0.717) is 6.04 Å². The minimum Gasteiger partial charge on any atom is -0.355 e. The van der Waals surface area contributed by atoms with E-state index in [-0.39, 0.29) is 24.0 Å². The summed E-state index contributed by atoms with van der Waals surface area (Å²) in [6, 6.07) is 4.87. The number of likely N-dealkylation sites (N-methyl/N-ethyl adjacent to an activating group) is 2. The van der Waals surface area contributed by atoms with Gasteiger partial charge in [-0.2, -0.15) is 0 Å². The molecule has 1 aromatic rings. The van der Waals surface area contributed by atoms with Crippen LogP contribution in [0.5, 0.6) is 0 Å². The molecule has 0 amide bonds. The monoisotopic (exact) mass is 424 g/mol. The predicted molar refractivity (Wildman–Crippen MR) is 105 cm³/mol. The Bertz CT molecular complexity index is 392. The fraction of sp³-hybridized carbons (Fsp3) is 0.667. The summed E-state index contributed by atoms with van der Waals surface area (Å²) in [6.07, 6.45) is 1.07. The Hall–Kier alpha value is -0.340. The van der Waals surface area contributed by atoms with Gasteiger partial charge in [0.2, 0.25) is 0 Å². The average Bonchev–Trinajstić information content (AvgIpc) is 2.93. The van der Waals surface area contributed by atoms with Crippen molar-refractivity contribution in [3.63, 3.8) is 0 Å². The fourth-order valence-electron chi connectivity index (χ4n) is 1.83. The molecular formula is C15H29IN4S. The van der Waals surface area contributed by atoms with Crippen molar-refractivity contribution in [3.05, 3.63) is 22.4 Å². The van der Waals surface area contributed by atoms with E-state index in [1.54, 1.807) is 0 Å². The Morgan fingerprint density at radius 2 is 2.05 bits per heavy atom. The third-order valence-electron chi connectivity index (χ3n) is 3.48. The van der Waals surface area contributed by atoms with Crippen molar-refractivity contribution in [2.24, 2.45) is 4.99 Å². The van der Waals surface area contributed by atoms with E-state index in [0.717, 1.165) is 32.0 Å². The lowest BCUT2D eigenvalue weighted by molar-refractivity contribution is 0.277.